The molecule has 0 amide bonds. The third kappa shape index (κ3) is 4.44. The second-order valence-electron chi connectivity index (χ2n) is 3.08. The van der Waals surface area contributed by atoms with Gasteiger partial charge in [-0.25, -0.2) is 0 Å². The van der Waals surface area contributed by atoms with Gasteiger partial charge in [-0.05, 0) is 22.6 Å². The molecule has 15 heavy (non-hydrogen) atoms. The third-order valence-electron chi connectivity index (χ3n) is 1.91. The molecule has 0 spiro atoms. The number of alkyl halides is 1. The van der Waals surface area contributed by atoms with E-state index in [-0.39, 0.29) is 0 Å². The van der Waals surface area contributed by atoms with E-state index >= 15 is 0 Å². The van der Waals surface area contributed by atoms with E-state index in [4.69, 9.17) is 20.4 Å². The monoisotopic (exact) mass is 338 g/mol. The molecule has 0 fully saturated rings. The number of halogens is 1. The molecule has 0 aliphatic carbocycles. The maximum atomic E-state index is 9.26. The molecule has 0 aromatic heterocycles. The Labute approximate surface area is 99.8 Å². The first-order valence-electron chi connectivity index (χ1n) is 4.16. The van der Waals surface area contributed by atoms with E-state index in [2.05, 4.69) is 0 Å². The van der Waals surface area contributed by atoms with Gasteiger partial charge in [-0.2, -0.15) is 0 Å². The summed E-state index contributed by atoms with van der Waals surface area (Å²) >= 11 is 1.41. The average molecular weight is 338 g/mol. The Morgan fingerprint density at radius 1 is 0.733 bits per heavy atom. The van der Waals surface area contributed by atoms with Crippen molar-refractivity contribution in [1.29, 1.82) is 0 Å². The van der Waals surface area contributed by atoms with Gasteiger partial charge in [0.2, 0.25) is 0 Å². The van der Waals surface area contributed by atoms with Crippen molar-refractivity contribution in [2.45, 2.75) is 34.6 Å². The van der Waals surface area contributed by atoms with Gasteiger partial charge in [0.1, 0.15) is 34.6 Å². The van der Waals surface area contributed by atoms with Crippen LogP contribution in [0.1, 0.15) is 0 Å². The molecule has 0 bridgehead atoms. The minimum absolute atomic E-state index is 0.798. The number of hydrogen-bond donors (Lipinski definition) is 7. The Morgan fingerprint density at radius 3 is 1.47 bits per heavy atom. The lowest BCUT2D eigenvalue weighted by atomic mass is 10.00. The number of aliphatic hydroxyl groups excluding tert-OH is 7. The first-order chi connectivity index (χ1) is 6.82. The summed E-state index contributed by atoms with van der Waals surface area (Å²) in [4.78, 5) is 0. The smallest absolute Gasteiger partial charge is 0.133 e. The van der Waals surface area contributed by atoms with Gasteiger partial charge in [0.15, 0.2) is 0 Å². The zero-order chi connectivity index (χ0) is 12.2. The first kappa shape index (κ1) is 15.4. The Bertz CT molecular complexity index is 179. The molecule has 0 heterocycles. The zero-order valence-electron chi connectivity index (χ0n) is 7.68. The van der Waals surface area contributed by atoms with Crippen LogP contribution in [-0.4, -0.2) is 77.0 Å². The molecule has 92 valence electrons. The Hall–Kier alpha value is 0.450. The van der Waals surface area contributed by atoms with Crippen molar-refractivity contribution in [3.05, 3.63) is 0 Å². The second-order valence-corrected chi connectivity index (χ2v) is 4.36. The summed E-state index contributed by atoms with van der Waals surface area (Å²) in [6.07, 6.45) is -8.80. The molecule has 7 N–H and O–H groups in total. The lowest BCUT2D eigenvalue weighted by Crippen LogP contribution is -2.51. The topological polar surface area (TPSA) is 142 Å². The van der Waals surface area contributed by atoms with Crippen LogP contribution in [0.5, 0.6) is 0 Å². The number of rotatable bonds is 6. The molecule has 0 aliphatic rings. The maximum absolute atomic E-state index is 9.26. The minimum Gasteiger partial charge on any atom is -0.394 e. The molecule has 7 nitrogen and oxygen atoms in total. The van der Waals surface area contributed by atoms with Crippen molar-refractivity contribution in [3.63, 3.8) is 0 Å². The van der Waals surface area contributed by atoms with Crippen LogP contribution in [0.25, 0.3) is 0 Å². The van der Waals surface area contributed by atoms with Crippen LogP contribution >= 0.6 is 22.6 Å². The van der Waals surface area contributed by atoms with E-state index in [1.54, 1.807) is 0 Å². The van der Waals surface area contributed by atoms with Crippen molar-refractivity contribution in [1.82, 2.24) is 0 Å². The van der Waals surface area contributed by atoms with Crippen LogP contribution in [-0.2, 0) is 0 Å². The normalized spacial score (nSPS) is 24.0. The second kappa shape index (κ2) is 6.91. The Morgan fingerprint density at radius 2 is 1.13 bits per heavy atom. The summed E-state index contributed by atoms with van der Waals surface area (Å²) in [6, 6.07) is 0. The molecule has 0 aliphatic heterocycles. The van der Waals surface area contributed by atoms with Gasteiger partial charge in [0, 0.05) is 0 Å². The van der Waals surface area contributed by atoms with Gasteiger partial charge >= 0.3 is 0 Å². The van der Waals surface area contributed by atoms with Gasteiger partial charge in [-0.3, -0.25) is 0 Å². The molecule has 0 aromatic rings. The summed E-state index contributed by atoms with van der Waals surface area (Å²) in [5, 5.41) is 63.1. The largest absolute Gasteiger partial charge is 0.394 e. The summed E-state index contributed by atoms with van der Waals surface area (Å²) in [5.74, 6) is 0. The van der Waals surface area contributed by atoms with Crippen molar-refractivity contribution < 1.29 is 35.7 Å². The van der Waals surface area contributed by atoms with Crippen LogP contribution in [0.3, 0.4) is 0 Å². The fourth-order valence-electron chi connectivity index (χ4n) is 0.902. The molecule has 0 rings (SSSR count). The highest BCUT2D eigenvalue weighted by Crippen LogP contribution is 2.13. The van der Waals surface area contributed by atoms with E-state index in [1.807, 2.05) is 0 Å². The molecule has 0 aromatic carbocycles. The van der Waals surface area contributed by atoms with Crippen LogP contribution in [0, 0.1) is 0 Å². The molecule has 6 atom stereocenters. The highest BCUT2D eigenvalue weighted by atomic mass is 127. The van der Waals surface area contributed by atoms with Gasteiger partial charge < -0.3 is 35.7 Å². The lowest BCUT2D eigenvalue weighted by Gasteiger charge is -2.29. The summed E-state index contributed by atoms with van der Waals surface area (Å²) < 4.78 is -1.33. The molecule has 0 saturated carbocycles. The molecule has 0 saturated heterocycles. The Balaban J connectivity index is 4.36. The van der Waals surface area contributed by atoms with Crippen molar-refractivity contribution >= 4 is 22.6 Å². The molecule has 6 unspecified atom stereocenters. The zero-order valence-corrected chi connectivity index (χ0v) is 9.84. The quantitative estimate of drug-likeness (QED) is 0.197. The number of hydrogen-bond acceptors (Lipinski definition) is 7. The molecule has 0 radical (unpaired) electrons. The highest BCUT2D eigenvalue weighted by molar-refractivity contribution is 14.1. The fraction of sp³-hybridized carbons (Fsp3) is 1.00. The summed E-state index contributed by atoms with van der Waals surface area (Å²) in [5.41, 5.74) is 0. The van der Waals surface area contributed by atoms with Gasteiger partial charge in [-0.1, -0.05) is 0 Å². The van der Waals surface area contributed by atoms with Crippen molar-refractivity contribution in [2.24, 2.45) is 0 Å². The van der Waals surface area contributed by atoms with Crippen LogP contribution in [0.15, 0.2) is 0 Å². The van der Waals surface area contributed by atoms with Gasteiger partial charge in [-0.15, -0.1) is 0 Å². The van der Waals surface area contributed by atoms with Gasteiger partial charge in [0.25, 0.3) is 0 Å². The standard InChI is InChI=1S/C7H15IO7/c8-7(15)6(14)5(13)4(12)3(11)2(10)1-9/h2-7,9-15H,1H2. The predicted octanol–water partition coefficient (Wildman–Crippen LogP) is -3.46. The van der Waals surface area contributed by atoms with Crippen molar-refractivity contribution in [2.75, 3.05) is 6.61 Å². The predicted molar refractivity (Wildman–Crippen MR) is 57.1 cm³/mol. The van der Waals surface area contributed by atoms with E-state index in [9.17, 15) is 15.3 Å². The average Bonchev–Trinajstić information content (AvgIpc) is 2.23. The highest BCUT2D eigenvalue weighted by Gasteiger charge is 2.36. The van der Waals surface area contributed by atoms with E-state index < -0.39 is 41.2 Å². The molecular formula is C7H15IO7. The van der Waals surface area contributed by atoms with Crippen LogP contribution in [0.2, 0.25) is 0 Å². The summed E-state index contributed by atoms with van der Waals surface area (Å²) in [6.45, 7) is -0.798. The lowest BCUT2D eigenvalue weighted by molar-refractivity contribution is -0.147. The molecular weight excluding hydrogens is 323 g/mol. The fourth-order valence-corrected chi connectivity index (χ4v) is 1.33. The third-order valence-corrected chi connectivity index (χ3v) is 2.65. The van der Waals surface area contributed by atoms with Crippen molar-refractivity contribution in [3.8, 4) is 0 Å². The van der Waals surface area contributed by atoms with E-state index in [0.29, 0.717) is 0 Å². The van der Waals surface area contributed by atoms with Crippen LogP contribution in [0.4, 0.5) is 0 Å². The van der Waals surface area contributed by atoms with E-state index in [0.717, 1.165) is 0 Å². The molecule has 8 heteroatoms. The van der Waals surface area contributed by atoms with Gasteiger partial charge in [0.05, 0.1) is 6.61 Å². The SMILES string of the molecule is OCC(O)C(O)C(O)C(O)C(O)C(O)I. The van der Waals surface area contributed by atoms with E-state index in [1.165, 1.54) is 22.6 Å². The summed E-state index contributed by atoms with van der Waals surface area (Å²) in [7, 11) is 0. The maximum Gasteiger partial charge on any atom is 0.133 e. The minimum atomic E-state index is -1.87. The number of aliphatic hydroxyl groups is 7. The Kier molecular flexibility index (Phi) is 7.12. The first-order valence-corrected chi connectivity index (χ1v) is 5.40. The van der Waals surface area contributed by atoms with Crippen LogP contribution < -0.4 is 0 Å².